The van der Waals surface area contributed by atoms with Gasteiger partial charge in [-0.05, 0) is 60.4 Å². The van der Waals surface area contributed by atoms with Crippen molar-refractivity contribution in [3.8, 4) is 16.8 Å². The zero-order valence-corrected chi connectivity index (χ0v) is 21.2. The molecule has 0 spiro atoms. The van der Waals surface area contributed by atoms with Gasteiger partial charge in [0.2, 0.25) is 5.70 Å². The molecule has 36 heavy (non-hydrogen) atoms. The highest BCUT2D eigenvalue weighted by Gasteiger charge is 2.51. The van der Waals surface area contributed by atoms with Crippen LogP contribution in [0.5, 0.6) is 0 Å². The second-order valence-electron chi connectivity index (χ2n) is 11.1. The third-order valence-electron chi connectivity index (χ3n) is 9.04. The van der Waals surface area contributed by atoms with E-state index in [2.05, 4.69) is 65.0 Å². The van der Waals surface area contributed by atoms with E-state index in [4.69, 9.17) is 11.7 Å². The molecule has 3 aromatic rings. The molecule has 3 aliphatic carbocycles. The number of ketones is 1. The third-order valence-corrected chi connectivity index (χ3v) is 9.04. The summed E-state index contributed by atoms with van der Waals surface area (Å²) in [6.45, 7) is 12.0. The predicted molar refractivity (Wildman–Crippen MR) is 143 cm³/mol. The van der Waals surface area contributed by atoms with Crippen molar-refractivity contribution < 1.29 is 4.79 Å². The second kappa shape index (κ2) is 8.89. The van der Waals surface area contributed by atoms with E-state index in [1.165, 1.54) is 60.2 Å². The number of aromatic nitrogens is 2. The van der Waals surface area contributed by atoms with Crippen molar-refractivity contribution in [3.63, 3.8) is 0 Å². The molecule has 0 amide bonds. The van der Waals surface area contributed by atoms with E-state index >= 15 is 0 Å². The van der Waals surface area contributed by atoms with Crippen molar-refractivity contribution in [1.29, 1.82) is 0 Å². The molecule has 1 aromatic heterocycles. The third kappa shape index (κ3) is 3.56. The van der Waals surface area contributed by atoms with Gasteiger partial charge in [-0.15, -0.1) is 0 Å². The van der Waals surface area contributed by atoms with Crippen LogP contribution in [0.25, 0.3) is 21.7 Å². The van der Waals surface area contributed by atoms with Crippen LogP contribution >= 0.6 is 0 Å². The maximum atomic E-state index is 12.9. The number of Topliss-reactive ketones (excluding diaryl/α,β-unsaturated/α-hetero) is 1. The number of nitrogens with zero attached hydrogens (tertiary/aromatic N) is 3. The van der Waals surface area contributed by atoms with Gasteiger partial charge in [0.05, 0.1) is 23.6 Å². The lowest BCUT2D eigenvalue weighted by atomic mass is 9.58. The molecule has 4 nitrogen and oxygen atoms in total. The maximum absolute atomic E-state index is 12.9. The first-order valence-electron chi connectivity index (χ1n) is 13.4. The van der Waals surface area contributed by atoms with Gasteiger partial charge in [0.25, 0.3) is 0 Å². The fraction of sp³-hybridized carbons (Fsp3) is 0.406. The molecule has 3 aliphatic rings. The molecule has 4 heteroatoms. The SMILES string of the molecule is [C-]#[N+]C1=C[C@@]2(C)c3c(c(C4CCCCC4)nn3-c3ccc(-c4ccccc4)cc3)CC[C@@H]2[C@@H](C)C1=O. The second-order valence-corrected chi connectivity index (χ2v) is 11.1. The average molecular weight is 476 g/mol. The quantitative estimate of drug-likeness (QED) is 0.370. The highest BCUT2D eigenvalue weighted by Crippen LogP contribution is 2.52. The van der Waals surface area contributed by atoms with Crippen molar-refractivity contribution in [2.24, 2.45) is 11.8 Å². The van der Waals surface area contributed by atoms with Crippen molar-refractivity contribution in [2.75, 3.05) is 0 Å². The van der Waals surface area contributed by atoms with E-state index in [-0.39, 0.29) is 17.6 Å². The summed E-state index contributed by atoms with van der Waals surface area (Å²) >= 11 is 0. The van der Waals surface area contributed by atoms with Crippen molar-refractivity contribution in [1.82, 2.24) is 9.78 Å². The van der Waals surface area contributed by atoms with Crippen LogP contribution in [-0.4, -0.2) is 15.6 Å². The minimum absolute atomic E-state index is 0.00158. The average Bonchev–Trinajstić information content (AvgIpc) is 3.33. The zero-order valence-electron chi connectivity index (χ0n) is 21.2. The molecule has 0 bridgehead atoms. The lowest BCUT2D eigenvalue weighted by Gasteiger charge is -2.46. The van der Waals surface area contributed by atoms with E-state index < -0.39 is 5.41 Å². The van der Waals surface area contributed by atoms with E-state index in [9.17, 15) is 4.79 Å². The predicted octanol–water partition coefficient (Wildman–Crippen LogP) is 7.43. The van der Waals surface area contributed by atoms with Gasteiger partial charge >= 0.3 is 0 Å². The Bertz CT molecular complexity index is 1370. The molecular weight excluding hydrogens is 442 g/mol. The van der Waals surface area contributed by atoms with Crippen LogP contribution < -0.4 is 0 Å². The van der Waals surface area contributed by atoms with Crippen LogP contribution in [0.3, 0.4) is 0 Å². The van der Waals surface area contributed by atoms with E-state index in [1.54, 1.807) is 0 Å². The summed E-state index contributed by atoms with van der Waals surface area (Å²) in [5, 5.41) is 5.34. The highest BCUT2D eigenvalue weighted by atomic mass is 16.1. The van der Waals surface area contributed by atoms with Gasteiger partial charge in [0, 0.05) is 17.3 Å². The summed E-state index contributed by atoms with van der Waals surface area (Å²) in [6, 6.07) is 19.1. The number of benzene rings is 2. The molecule has 1 fully saturated rings. The van der Waals surface area contributed by atoms with Crippen LogP contribution in [0.15, 0.2) is 66.4 Å². The van der Waals surface area contributed by atoms with E-state index in [0.717, 1.165) is 18.5 Å². The molecule has 6 rings (SSSR count). The fourth-order valence-corrected chi connectivity index (χ4v) is 7.16. The zero-order chi connectivity index (χ0) is 24.9. The Kier molecular flexibility index (Phi) is 5.67. The maximum Gasteiger partial charge on any atom is 0.226 e. The number of allylic oxidation sites excluding steroid dienone is 2. The molecule has 0 radical (unpaired) electrons. The Labute approximate surface area is 213 Å². The molecule has 182 valence electrons. The van der Waals surface area contributed by atoms with Gasteiger partial charge in [-0.25, -0.2) is 9.53 Å². The largest absolute Gasteiger partial charge is 0.308 e. The van der Waals surface area contributed by atoms with E-state index in [0.29, 0.717) is 11.6 Å². The molecule has 3 atom stereocenters. The summed E-state index contributed by atoms with van der Waals surface area (Å²) < 4.78 is 2.17. The van der Waals surface area contributed by atoms with Crippen LogP contribution in [-0.2, 0) is 16.6 Å². The smallest absolute Gasteiger partial charge is 0.226 e. The van der Waals surface area contributed by atoms with Crippen molar-refractivity contribution >= 4 is 5.78 Å². The molecule has 2 aromatic carbocycles. The van der Waals surface area contributed by atoms with Crippen LogP contribution in [0.2, 0.25) is 0 Å². The number of rotatable bonds is 3. The van der Waals surface area contributed by atoms with Gasteiger partial charge in [0.1, 0.15) is 0 Å². The normalized spacial score (nSPS) is 26.0. The summed E-state index contributed by atoms with van der Waals surface area (Å²) in [5.41, 5.74) is 7.17. The van der Waals surface area contributed by atoms with E-state index in [1.807, 2.05) is 19.1 Å². The molecule has 1 heterocycles. The summed E-state index contributed by atoms with van der Waals surface area (Å²) in [6.07, 6.45) is 10.2. The Morgan fingerprint density at radius 3 is 2.36 bits per heavy atom. The van der Waals surface area contributed by atoms with Crippen molar-refractivity contribution in [3.05, 3.63) is 94.7 Å². The number of carbonyl (C=O) groups excluding carboxylic acids is 1. The van der Waals surface area contributed by atoms with Crippen LogP contribution in [0.1, 0.15) is 75.2 Å². The monoisotopic (exact) mass is 475 g/mol. The molecule has 0 unspecified atom stereocenters. The highest BCUT2D eigenvalue weighted by molar-refractivity contribution is 6.00. The van der Waals surface area contributed by atoms with Gasteiger partial charge in [0.15, 0.2) is 5.78 Å². The fourth-order valence-electron chi connectivity index (χ4n) is 7.16. The summed E-state index contributed by atoms with van der Waals surface area (Å²) in [4.78, 5) is 16.6. The molecule has 1 saturated carbocycles. The molecule has 0 N–H and O–H groups in total. The summed E-state index contributed by atoms with van der Waals surface area (Å²) in [5.74, 6) is 0.534. The Morgan fingerprint density at radius 1 is 0.972 bits per heavy atom. The van der Waals surface area contributed by atoms with Gasteiger partial charge in [-0.1, -0.05) is 81.7 Å². The minimum Gasteiger partial charge on any atom is -0.308 e. The lowest BCUT2D eigenvalue weighted by molar-refractivity contribution is -0.121. The summed E-state index contributed by atoms with van der Waals surface area (Å²) in [7, 11) is 0. The number of carbonyl (C=O) groups is 1. The topological polar surface area (TPSA) is 39.2 Å². The molecule has 0 saturated heterocycles. The lowest BCUT2D eigenvalue weighted by Crippen LogP contribution is -2.46. The number of hydrogen-bond acceptors (Lipinski definition) is 2. The molecular formula is C32H33N3O. The number of hydrogen-bond donors (Lipinski definition) is 0. The van der Waals surface area contributed by atoms with Gasteiger partial charge in [-0.2, -0.15) is 5.10 Å². The first-order chi connectivity index (χ1) is 17.5. The minimum atomic E-state index is -0.390. The van der Waals surface area contributed by atoms with Crippen LogP contribution in [0, 0.1) is 18.4 Å². The molecule has 0 aliphatic heterocycles. The standard InChI is InChI=1S/C32H33N3O/c1-21-27-19-18-26-29(24-12-8-5-9-13-24)34-35(31(26)32(27,2)20-28(33-3)30(21)36)25-16-14-23(15-17-25)22-10-6-4-7-11-22/h4,6-7,10-11,14-17,20-21,24,27H,5,8-9,12-13,18-19H2,1-2H3/t21-,27-,32-/m1/s1. The van der Waals surface area contributed by atoms with Crippen molar-refractivity contribution in [2.45, 2.75) is 70.1 Å². The van der Waals surface area contributed by atoms with Gasteiger partial charge in [-0.3, -0.25) is 0 Å². The Hall–Kier alpha value is -3.45. The van der Waals surface area contributed by atoms with Crippen LogP contribution in [0.4, 0.5) is 0 Å². The number of fused-ring (bicyclic) bond motifs is 3. The first-order valence-corrected chi connectivity index (χ1v) is 13.4. The van der Waals surface area contributed by atoms with Gasteiger partial charge < -0.3 is 4.79 Å². The first kappa shape index (κ1) is 23.0. The Balaban J connectivity index is 1.53. The Morgan fingerprint density at radius 2 is 1.67 bits per heavy atom.